The van der Waals surface area contributed by atoms with E-state index in [4.69, 9.17) is 0 Å². The lowest BCUT2D eigenvalue weighted by Gasteiger charge is -2.34. The lowest BCUT2D eigenvalue weighted by Crippen LogP contribution is -2.50. The molecule has 1 fully saturated rings. The molecule has 1 aliphatic heterocycles. The van der Waals surface area contributed by atoms with Crippen LogP contribution < -0.4 is 5.32 Å². The Morgan fingerprint density at radius 3 is 2.65 bits per heavy atom. The Balaban J connectivity index is 1.70. The molecule has 2 rings (SSSR count). The van der Waals surface area contributed by atoms with Gasteiger partial charge in [-0.05, 0) is 11.4 Å². The van der Waals surface area contributed by atoms with Gasteiger partial charge in [-0.1, -0.05) is 6.92 Å². The van der Waals surface area contributed by atoms with Crippen molar-refractivity contribution in [2.45, 2.75) is 13.3 Å². The summed E-state index contributed by atoms with van der Waals surface area (Å²) < 4.78 is 0. The lowest BCUT2D eigenvalue weighted by atomic mass is 10.2. The van der Waals surface area contributed by atoms with Crippen LogP contribution in [0.25, 0.3) is 0 Å². The van der Waals surface area contributed by atoms with Crippen LogP contribution in [0.1, 0.15) is 23.7 Å². The highest BCUT2D eigenvalue weighted by atomic mass is 32.1. The van der Waals surface area contributed by atoms with Crippen LogP contribution in [0.15, 0.2) is 16.8 Å². The number of hydrogen-bond acceptors (Lipinski definition) is 4. The van der Waals surface area contributed by atoms with Crippen molar-refractivity contribution in [3.05, 3.63) is 22.4 Å². The molecule has 0 aliphatic carbocycles. The summed E-state index contributed by atoms with van der Waals surface area (Å²) in [5.74, 6) is 0.224. The first kappa shape index (κ1) is 15.0. The molecule has 0 spiro atoms. The zero-order chi connectivity index (χ0) is 14.4. The summed E-state index contributed by atoms with van der Waals surface area (Å²) in [6.45, 7) is 6.66. The number of thiophene rings is 1. The zero-order valence-electron chi connectivity index (χ0n) is 11.8. The molecule has 1 aliphatic rings. The summed E-state index contributed by atoms with van der Waals surface area (Å²) in [6, 6.07) is 1.87. The third-order valence-electron chi connectivity index (χ3n) is 3.50. The molecular weight excluding hydrogens is 274 g/mol. The van der Waals surface area contributed by atoms with E-state index in [9.17, 15) is 9.59 Å². The van der Waals surface area contributed by atoms with Gasteiger partial charge in [0.2, 0.25) is 5.91 Å². The third kappa shape index (κ3) is 4.05. The highest BCUT2D eigenvalue weighted by molar-refractivity contribution is 7.08. The van der Waals surface area contributed by atoms with E-state index in [1.165, 1.54) is 0 Å². The SMILES string of the molecule is CCC(=O)NCCN1CCN(C(=O)c2ccsc2)CC1. The summed E-state index contributed by atoms with van der Waals surface area (Å²) >= 11 is 1.55. The lowest BCUT2D eigenvalue weighted by molar-refractivity contribution is -0.120. The molecular formula is C14H21N3O2S. The smallest absolute Gasteiger partial charge is 0.254 e. The van der Waals surface area contributed by atoms with Crippen molar-refractivity contribution >= 4 is 23.2 Å². The van der Waals surface area contributed by atoms with Gasteiger partial charge in [-0.3, -0.25) is 14.5 Å². The van der Waals surface area contributed by atoms with Crippen molar-refractivity contribution in [2.75, 3.05) is 39.3 Å². The Morgan fingerprint density at radius 2 is 2.05 bits per heavy atom. The van der Waals surface area contributed by atoms with E-state index in [1.807, 2.05) is 28.7 Å². The van der Waals surface area contributed by atoms with Crippen LogP contribution in [0.5, 0.6) is 0 Å². The van der Waals surface area contributed by atoms with Gasteiger partial charge in [0, 0.05) is 51.1 Å². The van der Waals surface area contributed by atoms with Crippen molar-refractivity contribution in [3.63, 3.8) is 0 Å². The van der Waals surface area contributed by atoms with E-state index in [2.05, 4.69) is 10.2 Å². The molecule has 0 radical (unpaired) electrons. The molecule has 1 aromatic heterocycles. The van der Waals surface area contributed by atoms with Crippen molar-refractivity contribution in [1.82, 2.24) is 15.1 Å². The van der Waals surface area contributed by atoms with Crippen molar-refractivity contribution in [3.8, 4) is 0 Å². The molecule has 20 heavy (non-hydrogen) atoms. The van der Waals surface area contributed by atoms with Crippen LogP contribution in [0, 0.1) is 0 Å². The Labute approximate surface area is 123 Å². The van der Waals surface area contributed by atoms with Gasteiger partial charge < -0.3 is 10.2 Å². The average molecular weight is 295 g/mol. The fourth-order valence-corrected chi connectivity index (χ4v) is 2.85. The van der Waals surface area contributed by atoms with Crippen LogP contribution in [0.4, 0.5) is 0 Å². The summed E-state index contributed by atoms with van der Waals surface area (Å²) in [5, 5.41) is 6.70. The van der Waals surface area contributed by atoms with Crippen molar-refractivity contribution in [1.29, 1.82) is 0 Å². The van der Waals surface area contributed by atoms with E-state index in [-0.39, 0.29) is 11.8 Å². The number of carbonyl (C=O) groups is 2. The number of amides is 2. The van der Waals surface area contributed by atoms with E-state index in [0.29, 0.717) is 13.0 Å². The van der Waals surface area contributed by atoms with Gasteiger partial charge in [0.25, 0.3) is 5.91 Å². The van der Waals surface area contributed by atoms with Crippen molar-refractivity contribution in [2.24, 2.45) is 0 Å². The van der Waals surface area contributed by atoms with Gasteiger partial charge in [-0.2, -0.15) is 11.3 Å². The molecule has 0 aromatic carbocycles. The van der Waals surface area contributed by atoms with Gasteiger partial charge in [-0.25, -0.2) is 0 Å². The minimum absolute atomic E-state index is 0.0938. The molecule has 5 nitrogen and oxygen atoms in total. The number of hydrogen-bond donors (Lipinski definition) is 1. The Bertz CT molecular complexity index is 439. The first-order valence-electron chi connectivity index (χ1n) is 7.01. The third-order valence-corrected chi connectivity index (χ3v) is 4.18. The van der Waals surface area contributed by atoms with E-state index >= 15 is 0 Å². The quantitative estimate of drug-likeness (QED) is 0.883. The molecule has 2 heterocycles. The monoisotopic (exact) mass is 295 g/mol. The van der Waals surface area contributed by atoms with Crippen LogP contribution >= 0.6 is 11.3 Å². The maximum absolute atomic E-state index is 12.2. The minimum atomic E-state index is 0.0938. The van der Waals surface area contributed by atoms with Crippen LogP contribution in [0.3, 0.4) is 0 Å². The predicted molar refractivity (Wildman–Crippen MR) is 80.0 cm³/mol. The van der Waals surface area contributed by atoms with E-state index in [1.54, 1.807) is 11.3 Å². The second-order valence-electron chi connectivity index (χ2n) is 4.85. The first-order valence-corrected chi connectivity index (χ1v) is 7.95. The van der Waals surface area contributed by atoms with E-state index in [0.717, 1.165) is 38.3 Å². The number of nitrogens with zero attached hydrogens (tertiary/aromatic N) is 2. The molecule has 2 amide bonds. The Hall–Kier alpha value is -1.40. The summed E-state index contributed by atoms with van der Waals surface area (Å²) in [4.78, 5) is 27.5. The molecule has 110 valence electrons. The first-order chi connectivity index (χ1) is 9.70. The topological polar surface area (TPSA) is 52.7 Å². The maximum Gasteiger partial charge on any atom is 0.254 e. The zero-order valence-corrected chi connectivity index (χ0v) is 12.6. The Morgan fingerprint density at radius 1 is 1.30 bits per heavy atom. The molecule has 1 N–H and O–H groups in total. The minimum Gasteiger partial charge on any atom is -0.355 e. The molecule has 1 aromatic rings. The highest BCUT2D eigenvalue weighted by Gasteiger charge is 2.21. The van der Waals surface area contributed by atoms with Crippen LogP contribution in [-0.4, -0.2) is 60.9 Å². The number of rotatable bonds is 5. The second-order valence-corrected chi connectivity index (χ2v) is 5.63. The molecule has 0 atom stereocenters. The average Bonchev–Trinajstić information content (AvgIpc) is 3.01. The van der Waals surface area contributed by atoms with Gasteiger partial charge in [0.1, 0.15) is 0 Å². The van der Waals surface area contributed by atoms with Gasteiger partial charge in [0.05, 0.1) is 5.56 Å². The largest absolute Gasteiger partial charge is 0.355 e. The fourth-order valence-electron chi connectivity index (χ4n) is 2.22. The standard InChI is InChI=1S/C14H21N3O2S/c1-2-13(18)15-4-5-16-6-8-17(9-7-16)14(19)12-3-10-20-11-12/h3,10-11H,2,4-9H2,1H3,(H,15,18). The fraction of sp³-hybridized carbons (Fsp3) is 0.571. The number of nitrogens with one attached hydrogen (secondary N) is 1. The van der Waals surface area contributed by atoms with Crippen LogP contribution in [-0.2, 0) is 4.79 Å². The summed E-state index contributed by atoms with van der Waals surface area (Å²) in [6.07, 6.45) is 0.531. The molecule has 1 saturated heterocycles. The summed E-state index contributed by atoms with van der Waals surface area (Å²) in [7, 11) is 0. The van der Waals surface area contributed by atoms with E-state index < -0.39 is 0 Å². The second kappa shape index (κ2) is 7.40. The Kier molecular flexibility index (Phi) is 5.55. The number of carbonyl (C=O) groups excluding carboxylic acids is 2. The normalized spacial score (nSPS) is 16.1. The molecule has 0 saturated carbocycles. The van der Waals surface area contributed by atoms with Crippen LogP contribution in [0.2, 0.25) is 0 Å². The van der Waals surface area contributed by atoms with Gasteiger partial charge in [-0.15, -0.1) is 0 Å². The molecule has 0 unspecified atom stereocenters. The van der Waals surface area contributed by atoms with Crippen molar-refractivity contribution < 1.29 is 9.59 Å². The predicted octanol–water partition coefficient (Wildman–Crippen LogP) is 1.03. The highest BCUT2D eigenvalue weighted by Crippen LogP contribution is 2.11. The maximum atomic E-state index is 12.2. The molecule has 6 heteroatoms. The number of piperazine rings is 1. The molecule has 0 bridgehead atoms. The summed E-state index contributed by atoms with van der Waals surface area (Å²) in [5.41, 5.74) is 0.790. The van der Waals surface area contributed by atoms with Gasteiger partial charge >= 0.3 is 0 Å². The van der Waals surface area contributed by atoms with Gasteiger partial charge in [0.15, 0.2) is 0 Å².